The number of nitrogens with one attached hydrogen (secondary N) is 1. The molecule has 2 N–H and O–H groups in total. The third-order valence-corrected chi connectivity index (χ3v) is 1.47. The molecule has 0 saturated heterocycles. The van der Waals surface area contributed by atoms with Crippen LogP contribution in [0.3, 0.4) is 0 Å². The van der Waals surface area contributed by atoms with E-state index in [0.717, 1.165) is 6.08 Å². The molecule has 0 atom stereocenters. The zero-order valence-electron chi connectivity index (χ0n) is 10.3. The fourth-order valence-electron chi connectivity index (χ4n) is 0.888. The lowest BCUT2D eigenvalue weighted by Gasteiger charge is -2.26. The second-order valence-electron chi connectivity index (χ2n) is 5.02. The van der Waals surface area contributed by atoms with Crippen molar-refractivity contribution >= 4 is 12.1 Å². The van der Waals surface area contributed by atoms with E-state index in [-0.39, 0.29) is 0 Å². The quantitative estimate of drug-likeness (QED) is 0.725. The van der Waals surface area contributed by atoms with E-state index in [1.54, 1.807) is 34.6 Å². The largest absolute Gasteiger partial charge is 0.478 e. The zero-order valence-corrected chi connectivity index (χ0v) is 10.3. The Kier molecular flexibility index (Phi) is 4.53. The summed E-state index contributed by atoms with van der Waals surface area (Å²) in [6.07, 6.45) is 1.80. The molecule has 0 saturated carbocycles. The molecule has 0 aliphatic rings. The fourth-order valence-corrected chi connectivity index (χ4v) is 0.888. The van der Waals surface area contributed by atoms with Crippen LogP contribution >= 0.6 is 0 Å². The summed E-state index contributed by atoms with van der Waals surface area (Å²) >= 11 is 0. The summed E-state index contributed by atoms with van der Waals surface area (Å²) in [4.78, 5) is 21.7. The van der Waals surface area contributed by atoms with Crippen molar-refractivity contribution in [3.8, 4) is 0 Å². The molecule has 0 heterocycles. The van der Waals surface area contributed by atoms with E-state index in [9.17, 15) is 9.59 Å². The van der Waals surface area contributed by atoms with Gasteiger partial charge in [0.15, 0.2) is 0 Å². The van der Waals surface area contributed by atoms with E-state index >= 15 is 0 Å². The Bertz CT molecular complexity index is 300. The number of carbonyl (C=O) groups excluding carboxylic acids is 1. The van der Waals surface area contributed by atoms with Gasteiger partial charge in [0.1, 0.15) is 5.60 Å². The molecular formula is C11H19NO4. The SMILES string of the molecule is CC(C)(C=CC(=O)O)NC(=O)OC(C)(C)C. The topological polar surface area (TPSA) is 75.6 Å². The second kappa shape index (κ2) is 5.01. The predicted octanol–water partition coefficient (Wildman–Crippen LogP) is 1.93. The molecular weight excluding hydrogens is 210 g/mol. The molecule has 0 aromatic rings. The van der Waals surface area contributed by atoms with Crippen LogP contribution in [-0.2, 0) is 9.53 Å². The number of aliphatic carboxylic acids is 1. The van der Waals surface area contributed by atoms with Gasteiger partial charge in [0.2, 0.25) is 0 Å². The second-order valence-corrected chi connectivity index (χ2v) is 5.02. The van der Waals surface area contributed by atoms with Gasteiger partial charge in [-0.1, -0.05) is 6.08 Å². The first-order valence-corrected chi connectivity index (χ1v) is 4.95. The van der Waals surface area contributed by atoms with Gasteiger partial charge in [-0.05, 0) is 34.6 Å². The maximum Gasteiger partial charge on any atom is 0.408 e. The normalized spacial score (nSPS) is 12.6. The molecule has 0 bridgehead atoms. The van der Waals surface area contributed by atoms with Crippen LogP contribution in [0.1, 0.15) is 34.6 Å². The van der Waals surface area contributed by atoms with Crippen LogP contribution in [0.25, 0.3) is 0 Å². The number of carboxylic acid groups (broad SMARTS) is 1. The minimum atomic E-state index is -1.06. The number of hydrogen-bond acceptors (Lipinski definition) is 3. The lowest BCUT2D eigenvalue weighted by molar-refractivity contribution is -0.131. The van der Waals surface area contributed by atoms with Crippen molar-refractivity contribution < 1.29 is 19.4 Å². The molecule has 0 unspecified atom stereocenters. The number of ether oxygens (including phenoxy) is 1. The maximum absolute atomic E-state index is 11.4. The minimum absolute atomic E-state index is 0.573. The number of rotatable bonds is 3. The van der Waals surface area contributed by atoms with Crippen molar-refractivity contribution in [3.63, 3.8) is 0 Å². The summed E-state index contributed by atoms with van der Waals surface area (Å²) in [6.45, 7) is 8.62. The van der Waals surface area contributed by atoms with Crippen LogP contribution in [0.4, 0.5) is 4.79 Å². The van der Waals surface area contributed by atoms with Gasteiger partial charge in [-0.25, -0.2) is 9.59 Å². The van der Waals surface area contributed by atoms with Crippen molar-refractivity contribution in [3.05, 3.63) is 12.2 Å². The number of carboxylic acids is 1. The zero-order chi connectivity index (χ0) is 13.0. The lowest BCUT2D eigenvalue weighted by atomic mass is 10.1. The number of carbonyl (C=O) groups is 2. The first kappa shape index (κ1) is 14.5. The molecule has 0 aromatic carbocycles. The Morgan fingerprint density at radius 2 is 1.69 bits per heavy atom. The Morgan fingerprint density at radius 1 is 1.19 bits per heavy atom. The summed E-state index contributed by atoms with van der Waals surface area (Å²) in [7, 11) is 0. The average molecular weight is 229 g/mol. The van der Waals surface area contributed by atoms with Gasteiger partial charge >= 0.3 is 12.1 Å². The Labute approximate surface area is 95.5 Å². The number of hydrogen-bond donors (Lipinski definition) is 2. The van der Waals surface area contributed by atoms with E-state index in [4.69, 9.17) is 9.84 Å². The Morgan fingerprint density at radius 3 is 2.06 bits per heavy atom. The predicted molar refractivity (Wildman–Crippen MR) is 60.2 cm³/mol. The highest BCUT2D eigenvalue weighted by Gasteiger charge is 2.22. The summed E-state index contributed by atoms with van der Waals surface area (Å²) < 4.78 is 5.05. The van der Waals surface area contributed by atoms with Crippen LogP contribution in [0, 0.1) is 0 Å². The monoisotopic (exact) mass is 229 g/mol. The standard InChI is InChI=1S/C11H19NO4/c1-10(2,3)16-9(15)12-11(4,5)7-6-8(13)14/h6-7H,1-5H3,(H,12,15)(H,13,14). The average Bonchev–Trinajstić information content (AvgIpc) is 1.95. The van der Waals surface area contributed by atoms with Crippen LogP contribution in [0.15, 0.2) is 12.2 Å². The third kappa shape index (κ3) is 7.84. The molecule has 0 spiro atoms. The van der Waals surface area contributed by atoms with E-state index in [0.29, 0.717) is 0 Å². The number of amides is 1. The van der Waals surface area contributed by atoms with Gasteiger partial charge in [-0.2, -0.15) is 0 Å². The highest BCUT2D eigenvalue weighted by atomic mass is 16.6. The molecule has 0 aliphatic heterocycles. The smallest absolute Gasteiger partial charge is 0.408 e. The van der Waals surface area contributed by atoms with Crippen molar-refractivity contribution in [2.45, 2.75) is 45.8 Å². The molecule has 92 valence electrons. The molecule has 0 rings (SSSR count). The van der Waals surface area contributed by atoms with Crippen molar-refractivity contribution in [1.29, 1.82) is 0 Å². The van der Waals surface area contributed by atoms with Crippen LogP contribution in [-0.4, -0.2) is 28.3 Å². The van der Waals surface area contributed by atoms with E-state index in [1.807, 2.05) is 0 Å². The van der Waals surface area contributed by atoms with Crippen LogP contribution in [0.5, 0.6) is 0 Å². The van der Waals surface area contributed by atoms with Gasteiger partial charge in [-0.15, -0.1) is 0 Å². The highest BCUT2D eigenvalue weighted by Crippen LogP contribution is 2.10. The van der Waals surface area contributed by atoms with Gasteiger partial charge < -0.3 is 15.2 Å². The molecule has 0 aromatic heterocycles. The van der Waals surface area contributed by atoms with Crippen LogP contribution in [0.2, 0.25) is 0 Å². The molecule has 0 aliphatic carbocycles. The minimum Gasteiger partial charge on any atom is -0.478 e. The summed E-state index contributed by atoms with van der Waals surface area (Å²) in [6, 6.07) is 0. The molecule has 0 radical (unpaired) electrons. The first-order valence-electron chi connectivity index (χ1n) is 4.95. The Hall–Kier alpha value is -1.52. The third-order valence-electron chi connectivity index (χ3n) is 1.47. The number of alkyl carbamates (subject to hydrolysis) is 1. The van der Waals surface area contributed by atoms with Crippen molar-refractivity contribution in [1.82, 2.24) is 5.32 Å². The van der Waals surface area contributed by atoms with E-state index in [2.05, 4.69) is 5.32 Å². The molecule has 1 amide bonds. The van der Waals surface area contributed by atoms with Crippen molar-refractivity contribution in [2.75, 3.05) is 0 Å². The molecule has 5 nitrogen and oxygen atoms in total. The Balaban J connectivity index is 4.37. The first-order chi connectivity index (χ1) is 7.02. The summed E-state index contributed by atoms with van der Waals surface area (Å²) in [5.74, 6) is -1.06. The maximum atomic E-state index is 11.4. The van der Waals surface area contributed by atoms with Gasteiger partial charge in [0.25, 0.3) is 0 Å². The van der Waals surface area contributed by atoms with Gasteiger partial charge in [0, 0.05) is 6.08 Å². The molecule has 5 heteroatoms. The molecule has 16 heavy (non-hydrogen) atoms. The van der Waals surface area contributed by atoms with E-state index < -0.39 is 23.2 Å². The van der Waals surface area contributed by atoms with E-state index in [1.165, 1.54) is 6.08 Å². The summed E-state index contributed by atoms with van der Waals surface area (Å²) in [5.41, 5.74) is -1.34. The van der Waals surface area contributed by atoms with Gasteiger partial charge in [0.05, 0.1) is 5.54 Å². The fraction of sp³-hybridized carbons (Fsp3) is 0.636. The molecule has 0 fully saturated rings. The highest BCUT2D eigenvalue weighted by molar-refractivity contribution is 5.80. The lowest BCUT2D eigenvalue weighted by Crippen LogP contribution is -2.44. The van der Waals surface area contributed by atoms with Crippen LogP contribution < -0.4 is 5.32 Å². The van der Waals surface area contributed by atoms with Gasteiger partial charge in [-0.3, -0.25) is 0 Å². The van der Waals surface area contributed by atoms with Crippen molar-refractivity contribution in [2.24, 2.45) is 0 Å². The summed E-state index contributed by atoms with van der Waals surface area (Å²) in [5, 5.41) is 11.0.